The lowest BCUT2D eigenvalue weighted by molar-refractivity contribution is 0.185. The first-order valence-electron chi connectivity index (χ1n) is 7.14. The number of para-hydroxylation sites is 1. The van der Waals surface area contributed by atoms with Gasteiger partial charge in [-0.3, -0.25) is 0 Å². The Kier molecular flexibility index (Phi) is 4.46. The van der Waals surface area contributed by atoms with Gasteiger partial charge in [-0.05, 0) is 29.7 Å². The molecule has 0 bridgehead atoms. The molecule has 21 heavy (non-hydrogen) atoms. The summed E-state index contributed by atoms with van der Waals surface area (Å²) in [6.07, 6.45) is 1.12. The zero-order valence-corrected chi connectivity index (χ0v) is 13.7. The number of methoxy groups -OCH3 is 1. The van der Waals surface area contributed by atoms with Gasteiger partial charge in [-0.15, -0.1) is 0 Å². The normalized spacial score (nSPS) is 12.9. The van der Waals surface area contributed by atoms with E-state index in [1.165, 1.54) is 16.8 Å². The monoisotopic (exact) mass is 346 g/mol. The lowest BCUT2D eigenvalue weighted by atomic mass is 10.1. The van der Waals surface area contributed by atoms with Gasteiger partial charge in [-0.25, -0.2) is 0 Å². The van der Waals surface area contributed by atoms with Crippen molar-refractivity contribution in [3.05, 3.63) is 57.6 Å². The maximum absolute atomic E-state index is 5.29. The van der Waals surface area contributed by atoms with E-state index in [4.69, 9.17) is 4.74 Å². The van der Waals surface area contributed by atoms with Crippen LogP contribution in [0.25, 0.3) is 0 Å². The Bertz CT molecular complexity index is 643. The van der Waals surface area contributed by atoms with Crippen LogP contribution >= 0.6 is 15.9 Å². The van der Waals surface area contributed by atoms with Crippen molar-refractivity contribution in [2.24, 2.45) is 0 Å². The Morgan fingerprint density at radius 1 is 1.24 bits per heavy atom. The number of hydrogen-bond acceptors (Lipinski definition) is 3. The number of fused-ring (bicyclic) bond motifs is 1. The molecular weight excluding hydrogens is 328 g/mol. The molecule has 2 N–H and O–H groups in total. The maximum Gasteiger partial charge on any atom is 0.0744 e. The summed E-state index contributed by atoms with van der Waals surface area (Å²) in [5.41, 5.74) is 6.30. The summed E-state index contributed by atoms with van der Waals surface area (Å²) in [5.74, 6) is 0. The van der Waals surface area contributed by atoms with E-state index >= 15 is 0 Å². The summed E-state index contributed by atoms with van der Waals surface area (Å²) in [4.78, 5) is 0. The van der Waals surface area contributed by atoms with Gasteiger partial charge in [0.15, 0.2) is 0 Å². The van der Waals surface area contributed by atoms with Gasteiger partial charge in [0.25, 0.3) is 0 Å². The molecule has 0 amide bonds. The molecule has 0 saturated heterocycles. The number of ether oxygens (including phenoxy) is 1. The van der Waals surface area contributed by atoms with E-state index in [1.807, 2.05) is 12.1 Å². The van der Waals surface area contributed by atoms with Crippen molar-refractivity contribution >= 4 is 27.3 Å². The second-order valence-corrected chi connectivity index (χ2v) is 6.03. The van der Waals surface area contributed by atoms with Crippen molar-refractivity contribution in [3.8, 4) is 0 Å². The topological polar surface area (TPSA) is 33.3 Å². The van der Waals surface area contributed by atoms with Crippen LogP contribution in [0.3, 0.4) is 0 Å². The zero-order valence-electron chi connectivity index (χ0n) is 12.1. The number of hydrogen-bond donors (Lipinski definition) is 2. The Morgan fingerprint density at radius 2 is 2.10 bits per heavy atom. The Hall–Kier alpha value is -1.52. The van der Waals surface area contributed by atoms with E-state index in [0.717, 1.165) is 35.2 Å². The largest absolute Gasteiger partial charge is 0.384 e. The fourth-order valence-corrected chi connectivity index (χ4v) is 3.24. The molecule has 1 heterocycles. The second-order valence-electron chi connectivity index (χ2n) is 5.18. The lowest BCUT2D eigenvalue weighted by Gasteiger charge is -2.15. The van der Waals surface area contributed by atoms with Crippen molar-refractivity contribution in [2.45, 2.75) is 19.6 Å². The second kappa shape index (κ2) is 6.50. The molecule has 0 aromatic heterocycles. The summed E-state index contributed by atoms with van der Waals surface area (Å²) in [6.45, 7) is 2.44. The van der Waals surface area contributed by atoms with E-state index in [9.17, 15) is 0 Å². The van der Waals surface area contributed by atoms with Crippen LogP contribution in [0.2, 0.25) is 0 Å². The van der Waals surface area contributed by atoms with Crippen LogP contribution in [0.4, 0.5) is 11.4 Å². The molecule has 0 unspecified atom stereocenters. The average molecular weight is 347 g/mol. The maximum atomic E-state index is 5.29. The van der Waals surface area contributed by atoms with Crippen LogP contribution in [-0.4, -0.2) is 13.7 Å². The minimum absolute atomic E-state index is 0.592. The third-order valence-electron chi connectivity index (χ3n) is 3.81. The molecule has 0 spiro atoms. The first-order chi connectivity index (χ1) is 10.3. The highest BCUT2D eigenvalue weighted by Gasteiger charge is 2.14. The van der Waals surface area contributed by atoms with Crippen LogP contribution in [0.1, 0.15) is 16.7 Å². The van der Waals surface area contributed by atoms with Crippen LogP contribution in [0, 0.1) is 0 Å². The van der Waals surface area contributed by atoms with E-state index in [0.29, 0.717) is 6.61 Å². The zero-order chi connectivity index (χ0) is 14.7. The molecule has 110 valence electrons. The minimum atomic E-state index is 0.592. The Balaban J connectivity index is 1.80. The number of halogens is 1. The summed E-state index contributed by atoms with van der Waals surface area (Å²) < 4.78 is 6.37. The van der Waals surface area contributed by atoms with Crippen molar-refractivity contribution in [3.63, 3.8) is 0 Å². The highest BCUT2D eigenvalue weighted by molar-refractivity contribution is 9.10. The third-order valence-corrected chi connectivity index (χ3v) is 4.55. The number of anilines is 2. The van der Waals surface area contributed by atoms with Crippen molar-refractivity contribution < 1.29 is 4.74 Å². The van der Waals surface area contributed by atoms with Crippen molar-refractivity contribution in [2.75, 3.05) is 24.3 Å². The minimum Gasteiger partial charge on any atom is -0.384 e. The van der Waals surface area contributed by atoms with Gasteiger partial charge in [0.1, 0.15) is 0 Å². The third kappa shape index (κ3) is 3.06. The summed E-state index contributed by atoms with van der Waals surface area (Å²) in [6, 6.07) is 12.7. The van der Waals surface area contributed by atoms with Crippen LogP contribution < -0.4 is 10.6 Å². The smallest absolute Gasteiger partial charge is 0.0744 e. The quantitative estimate of drug-likeness (QED) is 0.852. The van der Waals surface area contributed by atoms with Crippen LogP contribution in [0.15, 0.2) is 40.9 Å². The standard InChI is InChI=1S/C17H19BrN2O/c1-21-11-14-15(18)6-3-7-16(14)20-10-13-5-2-4-12-8-9-19-17(12)13/h2-7,19-20H,8-11H2,1H3. The molecular formula is C17H19BrN2O. The average Bonchev–Trinajstić information content (AvgIpc) is 2.97. The van der Waals surface area contributed by atoms with Crippen LogP contribution in [-0.2, 0) is 24.3 Å². The summed E-state index contributed by atoms with van der Waals surface area (Å²) in [7, 11) is 1.72. The van der Waals surface area contributed by atoms with Crippen LogP contribution in [0.5, 0.6) is 0 Å². The number of nitrogens with one attached hydrogen (secondary N) is 2. The fraction of sp³-hybridized carbons (Fsp3) is 0.294. The van der Waals surface area contributed by atoms with Gasteiger partial charge >= 0.3 is 0 Å². The molecule has 3 rings (SSSR count). The fourth-order valence-electron chi connectivity index (χ4n) is 2.76. The molecule has 4 heteroatoms. The van der Waals surface area contributed by atoms with Gasteiger partial charge < -0.3 is 15.4 Å². The van der Waals surface area contributed by atoms with Gasteiger partial charge in [-0.1, -0.05) is 40.2 Å². The molecule has 3 nitrogen and oxygen atoms in total. The van der Waals surface area contributed by atoms with Gasteiger partial charge in [-0.2, -0.15) is 0 Å². The summed E-state index contributed by atoms with van der Waals surface area (Å²) in [5, 5.41) is 7.02. The van der Waals surface area contributed by atoms with E-state index in [2.05, 4.69) is 50.8 Å². The van der Waals surface area contributed by atoms with E-state index < -0.39 is 0 Å². The molecule has 0 saturated carbocycles. The van der Waals surface area contributed by atoms with Gasteiger partial charge in [0.2, 0.25) is 0 Å². The first-order valence-corrected chi connectivity index (χ1v) is 7.93. The predicted octanol–water partition coefficient (Wildman–Crippen LogP) is 4.18. The predicted molar refractivity (Wildman–Crippen MR) is 90.8 cm³/mol. The van der Waals surface area contributed by atoms with Crippen molar-refractivity contribution in [1.29, 1.82) is 0 Å². The Labute approximate surface area is 133 Å². The van der Waals surface area contributed by atoms with Crippen molar-refractivity contribution in [1.82, 2.24) is 0 Å². The van der Waals surface area contributed by atoms with E-state index in [-0.39, 0.29) is 0 Å². The SMILES string of the molecule is COCc1c(Br)cccc1NCc1cccc2c1NCC2. The molecule has 0 atom stereocenters. The first kappa shape index (κ1) is 14.4. The van der Waals surface area contributed by atoms with Gasteiger partial charge in [0.05, 0.1) is 6.61 Å². The lowest BCUT2D eigenvalue weighted by Crippen LogP contribution is -2.06. The molecule has 2 aromatic carbocycles. The van der Waals surface area contributed by atoms with E-state index in [1.54, 1.807) is 7.11 Å². The molecule has 0 fully saturated rings. The highest BCUT2D eigenvalue weighted by atomic mass is 79.9. The summed E-state index contributed by atoms with van der Waals surface area (Å²) >= 11 is 3.59. The molecule has 0 aliphatic carbocycles. The number of rotatable bonds is 5. The Morgan fingerprint density at radius 3 is 2.95 bits per heavy atom. The highest BCUT2D eigenvalue weighted by Crippen LogP contribution is 2.29. The number of benzene rings is 2. The van der Waals surface area contributed by atoms with Gasteiger partial charge in [0, 0.05) is 41.6 Å². The molecule has 0 radical (unpaired) electrons. The molecule has 1 aliphatic rings. The molecule has 1 aliphatic heterocycles. The molecule has 2 aromatic rings.